The van der Waals surface area contributed by atoms with Crippen LogP contribution in [0.3, 0.4) is 0 Å². The Hall–Kier alpha value is -4.70. The number of likely N-dealkylation sites (N-methyl/N-ethyl adjacent to an activating group) is 1. The van der Waals surface area contributed by atoms with Crippen molar-refractivity contribution in [2.75, 3.05) is 25.0 Å². The first kappa shape index (κ1) is 31.2. The highest BCUT2D eigenvalue weighted by atomic mass is 32.2. The smallest absolute Gasteiger partial charge is 0.264 e. The van der Waals surface area contributed by atoms with Gasteiger partial charge in [-0.1, -0.05) is 60.2 Å². The summed E-state index contributed by atoms with van der Waals surface area (Å²) in [5.41, 5.74) is 2.52. The van der Waals surface area contributed by atoms with Crippen LogP contribution in [-0.4, -0.2) is 51.9 Å². The number of ether oxygens (including phenoxy) is 1. The van der Waals surface area contributed by atoms with Gasteiger partial charge in [0.05, 0.1) is 17.7 Å². The van der Waals surface area contributed by atoms with Crippen LogP contribution in [0, 0.1) is 12.7 Å². The molecule has 2 amide bonds. The van der Waals surface area contributed by atoms with Crippen molar-refractivity contribution >= 4 is 27.5 Å². The van der Waals surface area contributed by atoms with Crippen LogP contribution in [0.15, 0.2) is 108 Å². The molecule has 0 aliphatic carbocycles. The molecule has 0 saturated carbocycles. The van der Waals surface area contributed by atoms with E-state index in [0.717, 1.165) is 15.4 Å². The summed E-state index contributed by atoms with van der Waals surface area (Å²) in [5.74, 6) is -0.955. The summed E-state index contributed by atoms with van der Waals surface area (Å²) in [5, 5.41) is 2.64. The zero-order valence-corrected chi connectivity index (χ0v) is 25.1. The monoisotopic (exact) mass is 603 g/mol. The minimum Gasteiger partial charge on any atom is -0.497 e. The number of rotatable bonds is 12. The maximum absolute atomic E-state index is 14.2. The number of halogens is 1. The van der Waals surface area contributed by atoms with Gasteiger partial charge in [0.15, 0.2) is 0 Å². The summed E-state index contributed by atoms with van der Waals surface area (Å²) < 4.78 is 48.0. The minimum absolute atomic E-state index is 0.0129. The number of nitrogens with one attached hydrogen (secondary N) is 1. The zero-order chi connectivity index (χ0) is 31.0. The third-order valence-electron chi connectivity index (χ3n) is 7.03. The number of hydrogen-bond acceptors (Lipinski definition) is 5. The topological polar surface area (TPSA) is 96.0 Å². The van der Waals surface area contributed by atoms with Crippen molar-refractivity contribution in [2.45, 2.75) is 30.8 Å². The number of anilines is 1. The van der Waals surface area contributed by atoms with E-state index in [-0.39, 0.29) is 23.5 Å². The molecule has 224 valence electrons. The summed E-state index contributed by atoms with van der Waals surface area (Å²) in [6, 6.07) is 26.5. The Labute approximate surface area is 251 Å². The number of carbonyl (C=O) groups is 2. The average Bonchev–Trinajstić information content (AvgIpc) is 3.02. The molecule has 0 saturated heterocycles. The lowest BCUT2D eigenvalue weighted by molar-refractivity contribution is -0.139. The van der Waals surface area contributed by atoms with E-state index < -0.39 is 40.2 Å². The molecule has 1 N–H and O–H groups in total. The van der Waals surface area contributed by atoms with Crippen LogP contribution in [0.2, 0.25) is 0 Å². The Morgan fingerprint density at radius 3 is 2.07 bits per heavy atom. The molecule has 43 heavy (non-hydrogen) atoms. The van der Waals surface area contributed by atoms with E-state index in [0.29, 0.717) is 11.3 Å². The van der Waals surface area contributed by atoms with E-state index in [4.69, 9.17) is 4.74 Å². The summed E-state index contributed by atoms with van der Waals surface area (Å²) >= 11 is 0. The van der Waals surface area contributed by atoms with Gasteiger partial charge in [0.1, 0.15) is 24.2 Å². The Morgan fingerprint density at radius 1 is 0.860 bits per heavy atom. The van der Waals surface area contributed by atoms with Crippen molar-refractivity contribution in [3.63, 3.8) is 0 Å². The number of carbonyl (C=O) groups excluding carboxylic acids is 2. The Bertz CT molecular complexity index is 1630. The molecule has 0 heterocycles. The van der Waals surface area contributed by atoms with Gasteiger partial charge in [-0.15, -0.1) is 0 Å². The fourth-order valence-corrected chi connectivity index (χ4v) is 6.04. The van der Waals surface area contributed by atoms with E-state index in [9.17, 15) is 22.4 Å². The van der Waals surface area contributed by atoms with Crippen LogP contribution < -0.4 is 14.4 Å². The zero-order valence-electron chi connectivity index (χ0n) is 24.2. The van der Waals surface area contributed by atoms with E-state index in [1.165, 1.54) is 55.5 Å². The van der Waals surface area contributed by atoms with Crippen molar-refractivity contribution in [2.24, 2.45) is 0 Å². The standard InChI is InChI=1S/C33H34FN3O5S/c1-24-9-19-30(20-10-24)43(40,41)37(28-15-17-29(42-3)18-16-28)23-32(38)36(22-26-11-13-27(34)14-12-26)31(33(39)35-2)21-25-7-5-4-6-8-25/h4-20,31H,21-23H2,1-3H3,(H,35,39). The van der Waals surface area contributed by atoms with E-state index in [1.807, 2.05) is 37.3 Å². The molecule has 1 atom stereocenters. The van der Waals surface area contributed by atoms with Gasteiger partial charge in [0, 0.05) is 20.0 Å². The fraction of sp³-hybridized carbons (Fsp3) is 0.212. The molecule has 0 spiro atoms. The van der Waals surface area contributed by atoms with Gasteiger partial charge in [0.25, 0.3) is 10.0 Å². The third-order valence-corrected chi connectivity index (χ3v) is 8.82. The number of benzene rings is 4. The van der Waals surface area contributed by atoms with Crippen molar-refractivity contribution < 1.29 is 27.1 Å². The number of sulfonamides is 1. The number of aryl methyl sites for hydroxylation is 1. The third kappa shape index (κ3) is 7.78. The number of methoxy groups -OCH3 is 1. The molecule has 4 aromatic rings. The molecule has 0 aliphatic rings. The highest BCUT2D eigenvalue weighted by molar-refractivity contribution is 7.92. The Morgan fingerprint density at radius 2 is 1.49 bits per heavy atom. The largest absolute Gasteiger partial charge is 0.497 e. The molecule has 0 aromatic heterocycles. The van der Waals surface area contributed by atoms with Crippen LogP contribution in [0.1, 0.15) is 16.7 Å². The molecular weight excluding hydrogens is 569 g/mol. The normalized spacial score (nSPS) is 11.8. The SMILES string of the molecule is CNC(=O)C(Cc1ccccc1)N(Cc1ccc(F)cc1)C(=O)CN(c1ccc(OC)cc1)S(=O)(=O)c1ccc(C)cc1. The van der Waals surface area contributed by atoms with Gasteiger partial charge in [-0.25, -0.2) is 12.8 Å². The second-order valence-electron chi connectivity index (χ2n) is 9.99. The summed E-state index contributed by atoms with van der Waals surface area (Å²) in [6.45, 7) is 1.21. The van der Waals surface area contributed by atoms with Crippen LogP contribution in [0.4, 0.5) is 10.1 Å². The molecule has 8 nitrogen and oxygen atoms in total. The van der Waals surface area contributed by atoms with Crippen LogP contribution in [0.5, 0.6) is 5.75 Å². The number of hydrogen-bond donors (Lipinski definition) is 1. The first-order chi connectivity index (χ1) is 20.6. The molecule has 4 rings (SSSR count). The first-order valence-corrected chi connectivity index (χ1v) is 15.1. The Kier molecular flexibility index (Phi) is 10.2. The summed E-state index contributed by atoms with van der Waals surface area (Å²) in [7, 11) is -1.24. The van der Waals surface area contributed by atoms with Gasteiger partial charge in [-0.3, -0.25) is 13.9 Å². The van der Waals surface area contributed by atoms with Crippen molar-refractivity contribution in [1.82, 2.24) is 10.2 Å². The van der Waals surface area contributed by atoms with Crippen LogP contribution in [0.25, 0.3) is 0 Å². The fourth-order valence-electron chi connectivity index (χ4n) is 4.62. The molecule has 0 aliphatic heterocycles. The molecule has 0 bridgehead atoms. The molecule has 0 fully saturated rings. The predicted molar refractivity (Wildman–Crippen MR) is 164 cm³/mol. The molecular formula is C33H34FN3O5S. The van der Waals surface area contributed by atoms with E-state index in [1.54, 1.807) is 36.4 Å². The first-order valence-electron chi connectivity index (χ1n) is 13.6. The molecule has 1 unspecified atom stereocenters. The Balaban J connectivity index is 1.78. The molecule has 10 heteroatoms. The highest BCUT2D eigenvalue weighted by Crippen LogP contribution is 2.27. The molecule has 0 radical (unpaired) electrons. The second-order valence-corrected chi connectivity index (χ2v) is 11.9. The lowest BCUT2D eigenvalue weighted by atomic mass is 10.0. The van der Waals surface area contributed by atoms with Crippen LogP contribution >= 0.6 is 0 Å². The van der Waals surface area contributed by atoms with Gasteiger partial charge < -0.3 is 15.0 Å². The maximum atomic E-state index is 14.2. The average molecular weight is 604 g/mol. The number of amides is 2. The number of nitrogens with zero attached hydrogens (tertiary/aromatic N) is 2. The van der Waals surface area contributed by atoms with Crippen molar-refractivity contribution in [3.8, 4) is 5.75 Å². The van der Waals surface area contributed by atoms with Gasteiger partial charge >= 0.3 is 0 Å². The molecule has 4 aromatic carbocycles. The van der Waals surface area contributed by atoms with Crippen molar-refractivity contribution in [3.05, 3.63) is 126 Å². The minimum atomic E-state index is -4.21. The second kappa shape index (κ2) is 14.0. The maximum Gasteiger partial charge on any atom is 0.264 e. The highest BCUT2D eigenvalue weighted by Gasteiger charge is 2.34. The summed E-state index contributed by atoms with van der Waals surface area (Å²) in [4.78, 5) is 28.9. The lowest BCUT2D eigenvalue weighted by Crippen LogP contribution is -2.53. The predicted octanol–water partition coefficient (Wildman–Crippen LogP) is 4.72. The van der Waals surface area contributed by atoms with Crippen molar-refractivity contribution in [1.29, 1.82) is 0 Å². The van der Waals surface area contributed by atoms with Gasteiger partial charge in [-0.05, 0) is 66.6 Å². The van der Waals surface area contributed by atoms with Gasteiger partial charge in [0.2, 0.25) is 11.8 Å². The van der Waals surface area contributed by atoms with E-state index in [2.05, 4.69) is 5.32 Å². The quantitative estimate of drug-likeness (QED) is 0.253. The summed E-state index contributed by atoms with van der Waals surface area (Å²) in [6.07, 6.45) is 0.181. The van der Waals surface area contributed by atoms with Crippen LogP contribution in [-0.2, 0) is 32.6 Å². The van der Waals surface area contributed by atoms with E-state index >= 15 is 0 Å². The lowest BCUT2D eigenvalue weighted by Gasteiger charge is -2.33. The van der Waals surface area contributed by atoms with Gasteiger partial charge in [-0.2, -0.15) is 0 Å².